The van der Waals surface area contributed by atoms with E-state index in [9.17, 15) is 9.59 Å². The number of benzene rings is 3. The monoisotopic (exact) mass is 405 g/mol. The number of para-hydroxylation sites is 1. The van der Waals surface area contributed by atoms with Crippen LogP contribution in [-0.4, -0.2) is 24.6 Å². The zero-order valence-corrected chi connectivity index (χ0v) is 16.8. The highest BCUT2D eigenvalue weighted by Crippen LogP contribution is 2.22. The maximum atomic E-state index is 12.4. The zero-order chi connectivity index (χ0) is 21.3. The van der Waals surface area contributed by atoms with Crippen molar-refractivity contribution in [3.8, 4) is 17.2 Å². The van der Waals surface area contributed by atoms with Gasteiger partial charge in [-0.3, -0.25) is 4.79 Å². The molecule has 0 fully saturated rings. The largest absolute Gasteiger partial charge is 0.494 e. The molecule has 6 nitrogen and oxygen atoms in total. The summed E-state index contributed by atoms with van der Waals surface area (Å²) in [7, 11) is 0. The van der Waals surface area contributed by atoms with E-state index in [2.05, 4.69) is 5.32 Å². The predicted molar refractivity (Wildman–Crippen MR) is 114 cm³/mol. The van der Waals surface area contributed by atoms with Gasteiger partial charge >= 0.3 is 5.97 Å². The van der Waals surface area contributed by atoms with Crippen molar-refractivity contribution < 1.29 is 23.8 Å². The molecule has 0 radical (unpaired) electrons. The molecular weight excluding hydrogens is 382 g/mol. The Morgan fingerprint density at radius 3 is 2.07 bits per heavy atom. The third-order valence-corrected chi connectivity index (χ3v) is 4.15. The van der Waals surface area contributed by atoms with Gasteiger partial charge in [0, 0.05) is 5.69 Å². The number of ether oxygens (including phenoxy) is 3. The minimum Gasteiger partial charge on any atom is -0.494 e. The Bertz CT molecular complexity index is 969. The molecule has 3 aromatic rings. The van der Waals surface area contributed by atoms with E-state index in [-0.39, 0.29) is 0 Å². The van der Waals surface area contributed by atoms with Crippen molar-refractivity contribution in [1.82, 2.24) is 0 Å². The van der Waals surface area contributed by atoms with E-state index in [0.717, 1.165) is 5.75 Å². The first-order chi connectivity index (χ1) is 14.5. The molecule has 0 saturated carbocycles. The second-order valence-electron chi connectivity index (χ2n) is 6.43. The summed E-state index contributed by atoms with van der Waals surface area (Å²) in [5, 5.41) is 2.72. The van der Waals surface area contributed by atoms with Gasteiger partial charge in [0.25, 0.3) is 5.91 Å². The van der Waals surface area contributed by atoms with E-state index in [4.69, 9.17) is 14.2 Å². The van der Waals surface area contributed by atoms with E-state index < -0.39 is 18.0 Å². The molecule has 1 unspecified atom stereocenters. The summed E-state index contributed by atoms with van der Waals surface area (Å²) in [6.45, 7) is 3.95. The summed E-state index contributed by atoms with van der Waals surface area (Å²) >= 11 is 0. The highest BCUT2D eigenvalue weighted by atomic mass is 16.5. The van der Waals surface area contributed by atoms with Crippen LogP contribution >= 0.6 is 0 Å². The van der Waals surface area contributed by atoms with Gasteiger partial charge in [0.15, 0.2) is 6.10 Å². The van der Waals surface area contributed by atoms with E-state index in [1.807, 2.05) is 37.3 Å². The van der Waals surface area contributed by atoms with Gasteiger partial charge in [0.2, 0.25) is 0 Å². The fourth-order valence-corrected chi connectivity index (χ4v) is 2.61. The van der Waals surface area contributed by atoms with Crippen LogP contribution in [0.3, 0.4) is 0 Å². The molecule has 0 bridgehead atoms. The van der Waals surface area contributed by atoms with Gasteiger partial charge in [-0.25, -0.2) is 4.79 Å². The number of anilines is 1. The molecule has 6 heteroatoms. The summed E-state index contributed by atoms with van der Waals surface area (Å²) in [5.74, 6) is 1.04. The summed E-state index contributed by atoms with van der Waals surface area (Å²) in [4.78, 5) is 24.6. The normalized spacial score (nSPS) is 11.3. The van der Waals surface area contributed by atoms with Gasteiger partial charge in [-0.1, -0.05) is 18.2 Å². The summed E-state index contributed by atoms with van der Waals surface area (Å²) in [6, 6.07) is 22.9. The minimum absolute atomic E-state index is 0.348. The Balaban J connectivity index is 1.52. The Labute approximate surface area is 175 Å². The van der Waals surface area contributed by atoms with E-state index >= 15 is 0 Å². The van der Waals surface area contributed by atoms with Crippen LogP contribution in [0.2, 0.25) is 0 Å². The Morgan fingerprint density at radius 1 is 0.833 bits per heavy atom. The molecule has 154 valence electrons. The molecule has 30 heavy (non-hydrogen) atoms. The molecule has 3 rings (SSSR count). The molecule has 0 saturated heterocycles. The lowest BCUT2D eigenvalue weighted by Crippen LogP contribution is -2.29. The van der Waals surface area contributed by atoms with Gasteiger partial charge in [0.1, 0.15) is 17.2 Å². The van der Waals surface area contributed by atoms with Crippen LogP contribution in [0.15, 0.2) is 78.9 Å². The van der Waals surface area contributed by atoms with Gasteiger partial charge in [0.05, 0.1) is 12.2 Å². The standard InChI is InChI=1S/C24H23NO5/c1-3-28-20-13-9-18(10-14-20)24(27)29-17(2)23(26)25-19-11-15-22(16-12-19)30-21-7-5-4-6-8-21/h4-17H,3H2,1-2H3,(H,25,26). The molecule has 3 aromatic carbocycles. The molecule has 0 aliphatic rings. The topological polar surface area (TPSA) is 73.9 Å². The van der Waals surface area contributed by atoms with Crippen LogP contribution in [0.4, 0.5) is 5.69 Å². The van der Waals surface area contributed by atoms with Crippen molar-refractivity contribution in [2.45, 2.75) is 20.0 Å². The van der Waals surface area contributed by atoms with E-state index in [1.54, 1.807) is 48.5 Å². The fraction of sp³-hybridized carbons (Fsp3) is 0.167. The van der Waals surface area contributed by atoms with Crippen molar-refractivity contribution in [2.75, 3.05) is 11.9 Å². The van der Waals surface area contributed by atoms with Crippen LogP contribution in [-0.2, 0) is 9.53 Å². The van der Waals surface area contributed by atoms with Crippen molar-refractivity contribution in [1.29, 1.82) is 0 Å². The number of carbonyl (C=O) groups is 2. The molecule has 0 aromatic heterocycles. The number of amides is 1. The fourth-order valence-electron chi connectivity index (χ4n) is 2.61. The van der Waals surface area contributed by atoms with Gasteiger partial charge in [-0.15, -0.1) is 0 Å². The van der Waals surface area contributed by atoms with Gasteiger partial charge < -0.3 is 19.5 Å². The number of rotatable bonds is 8. The highest BCUT2D eigenvalue weighted by Gasteiger charge is 2.19. The van der Waals surface area contributed by atoms with Crippen molar-refractivity contribution >= 4 is 17.6 Å². The second kappa shape index (κ2) is 10.1. The van der Waals surface area contributed by atoms with Crippen molar-refractivity contribution in [2.24, 2.45) is 0 Å². The lowest BCUT2D eigenvalue weighted by molar-refractivity contribution is -0.123. The first-order valence-corrected chi connectivity index (χ1v) is 9.63. The molecule has 0 spiro atoms. The quantitative estimate of drug-likeness (QED) is 0.530. The first kappa shape index (κ1) is 20.9. The average molecular weight is 405 g/mol. The number of hydrogen-bond acceptors (Lipinski definition) is 5. The summed E-state index contributed by atoms with van der Waals surface area (Å²) < 4.78 is 16.3. The predicted octanol–water partition coefficient (Wildman–Crippen LogP) is 5.06. The van der Waals surface area contributed by atoms with E-state index in [1.165, 1.54) is 6.92 Å². The molecule has 1 amide bonds. The number of hydrogen-bond donors (Lipinski definition) is 1. The van der Waals surface area contributed by atoms with Gasteiger partial charge in [-0.2, -0.15) is 0 Å². The number of esters is 1. The van der Waals surface area contributed by atoms with Crippen LogP contribution in [0, 0.1) is 0 Å². The second-order valence-corrected chi connectivity index (χ2v) is 6.43. The molecular formula is C24H23NO5. The SMILES string of the molecule is CCOc1ccc(C(=O)OC(C)C(=O)Nc2ccc(Oc3ccccc3)cc2)cc1. The minimum atomic E-state index is -0.954. The lowest BCUT2D eigenvalue weighted by atomic mass is 10.2. The Hall–Kier alpha value is -3.80. The smallest absolute Gasteiger partial charge is 0.338 e. The van der Waals surface area contributed by atoms with Crippen LogP contribution in [0.25, 0.3) is 0 Å². The Morgan fingerprint density at radius 2 is 1.43 bits per heavy atom. The molecule has 0 aliphatic carbocycles. The third kappa shape index (κ3) is 5.85. The number of carbonyl (C=O) groups excluding carboxylic acids is 2. The van der Waals surface area contributed by atoms with Crippen LogP contribution in [0.5, 0.6) is 17.2 Å². The third-order valence-electron chi connectivity index (χ3n) is 4.15. The molecule has 1 atom stereocenters. The molecule has 0 aliphatic heterocycles. The van der Waals surface area contributed by atoms with Crippen molar-refractivity contribution in [3.63, 3.8) is 0 Å². The summed E-state index contributed by atoms with van der Waals surface area (Å²) in [5.41, 5.74) is 0.921. The number of nitrogens with one attached hydrogen (secondary N) is 1. The molecule has 0 heterocycles. The van der Waals surface area contributed by atoms with Crippen LogP contribution < -0.4 is 14.8 Å². The van der Waals surface area contributed by atoms with Gasteiger partial charge in [-0.05, 0) is 74.5 Å². The summed E-state index contributed by atoms with van der Waals surface area (Å²) in [6.07, 6.45) is -0.954. The maximum absolute atomic E-state index is 12.4. The molecule has 1 N–H and O–H groups in total. The van der Waals surface area contributed by atoms with E-state index in [0.29, 0.717) is 29.4 Å². The Kier molecular flexibility index (Phi) is 7.05. The first-order valence-electron chi connectivity index (χ1n) is 9.63. The maximum Gasteiger partial charge on any atom is 0.338 e. The highest BCUT2D eigenvalue weighted by molar-refractivity contribution is 5.97. The van der Waals surface area contributed by atoms with Crippen LogP contribution in [0.1, 0.15) is 24.2 Å². The lowest BCUT2D eigenvalue weighted by Gasteiger charge is -2.14. The zero-order valence-electron chi connectivity index (χ0n) is 16.8. The average Bonchev–Trinajstić information content (AvgIpc) is 2.76. The van der Waals surface area contributed by atoms with Crippen molar-refractivity contribution in [3.05, 3.63) is 84.4 Å².